The predicted molar refractivity (Wildman–Crippen MR) is 65.1 cm³/mol. The summed E-state index contributed by atoms with van der Waals surface area (Å²) in [6.07, 6.45) is 10.0. The van der Waals surface area contributed by atoms with Crippen LogP contribution in [0.25, 0.3) is 0 Å². The molecule has 0 spiro atoms. The largest absolute Gasteiger partial charge is 0.317 e. The molecule has 2 aliphatic rings. The zero-order valence-corrected chi connectivity index (χ0v) is 10.2. The molecule has 1 unspecified atom stereocenters. The second kappa shape index (κ2) is 5.86. The molecule has 1 atom stereocenters. The van der Waals surface area contributed by atoms with Crippen molar-refractivity contribution >= 4 is 0 Å². The second-order valence-electron chi connectivity index (χ2n) is 5.42. The standard InChI is InChI=1S/C13H26N2/c1-15(11-12-5-2-3-6-12)13-7-4-9-14-10-8-13/h12-14H,2-11H2,1H3. The van der Waals surface area contributed by atoms with E-state index in [1.165, 1.54) is 64.6 Å². The highest BCUT2D eigenvalue weighted by Gasteiger charge is 2.21. The van der Waals surface area contributed by atoms with E-state index in [0.717, 1.165) is 12.0 Å². The molecule has 2 fully saturated rings. The first-order valence-corrected chi connectivity index (χ1v) is 6.77. The first-order valence-electron chi connectivity index (χ1n) is 6.77. The van der Waals surface area contributed by atoms with Crippen LogP contribution in [0, 0.1) is 5.92 Å². The van der Waals surface area contributed by atoms with Crippen LogP contribution in [-0.4, -0.2) is 37.6 Å². The maximum atomic E-state index is 3.50. The topological polar surface area (TPSA) is 15.3 Å². The van der Waals surface area contributed by atoms with Crippen LogP contribution < -0.4 is 5.32 Å². The average molecular weight is 210 g/mol. The SMILES string of the molecule is CN(CC1CCCC1)C1CCCNCC1. The third-order valence-corrected chi connectivity index (χ3v) is 4.19. The molecule has 1 aliphatic heterocycles. The summed E-state index contributed by atoms with van der Waals surface area (Å²) < 4.78 is 0. The van der Waals surface area contributed by atoms with Crippen LogP contribution >= 0.6 is 0 Å². The van der Waals surface area contributed by atoms with Gasteiger partial charge in [0.2, 0.25) is 0 Å². The van der Waals surface area contributed by atoms with Gasteiger partial charge in [-0.2, -0.15) is 0 Å². The van der Waals surface area contributed by atoms with E-state index in [1.807, 2.05) is 0 Å². The molecule has 2 nitrogen and oxygen atoms in total. The van der Waals surface area contributed by atoms with Crippen molar-refractivity contribution < 1.29 is 0 Å². The lowest BCUT2D eigenvalue weighted by atomic mass is 10.0. The van der Waals surface area contributed by atoms with E-state index in [9.17, 15) is 0 Å². The Bertz CT molecular complexity index is 167. The minimum atomic E-state index is 0.848. The monoisotopic (exact) mass is 210 g/mol. The molecule has 0 radical (unpaired) electrons. The summed E-state index contributed by atoms with van der Waals surface area (Å²) in [7, 11) is 2.34. The molecule has 2 heteroatoms. The maximum absolute atomic E-state index is 3.50. The van der Waals surface area contributed by atoms with Crippen LogP contribution in [-0.2, 0) is 0 Å². The molecular weight excluding hydrogens is 184 g/mol. The summed E-state index contributed by atoms with van der Waals surface area (Å²) in [5.41, 5.74) is 0. The van der Waals surface area contributed by atoms with Gasteiger partial charge in [0.05, 0.1) is 0 Å². The summed E-state index contributed by atoms with van der Waals surface area (Å²) in [4.78, 5) is 2.64. The highest BCUT2D eigenvalue weighted by molar-refractivity contribution is 4.77. The molecular formula is C13H26N2. The highest BCUT2D eigenvalue weighted by Crippen LogP contribution is 2.26. The highest BCUT2D eigenvalue weighted by atomic mass is 15.1. The van der Waals surface area contributed by atoms with Gasteiger partial charge in [0, 0.05) is 12.6 Å². The fraction of sp³-hybridized carbons (Fsp3) is 1.00. The Balaban J connectivity index is 1.74. The zero-order valence-electron chi connectivity index (χ0n) is 10.2. The molecule has 1 saturated heterocycles. The van der Waals surface area contributed by atoms with Crippen molar-refractivity contribution in [3.63, 3.8) is 0 Å². The maximum Gasteiger partial charge on any atom is 0.0105 e. The molecule has 15 heavy (non-hydrogen) atoms. The van der Waals surface area contributed by atoms with Gasteiger partial charge in [0.15, 0.2) is 0 Å². The van der Waals surface area contributed by atoms with Crippen LogP contribution in [0.3, 0.4) is 0 Å². The lowest BCUT2D eigenvalue weighted by Gasteiger charge is -2.29. The minimum Gasteiger partial charge on any atom is -0.317 e. The summed E-state index contributed by atoms with van der Waals surface area (Å²) >= 11 is 0. The van der Waals surface area contributed by atoms with Crippen molar-refractivity contribution in [3.05, 3.63) is 0 Å². The Morgan fingerprint density at radius 2 is 1.80 bits per heavy atom. The lowest BCUT2D eigenvalue weighted by Crippen LogP contribution is -2.35. The van der Waals surface area contributed by atoms with Crippen LogP contribution in [0.2, 0.25) is 0 Å². The van der Waals surface area contributed by atoms with Gasteiger partial charge in [-0.15, -0.1) is 0 Å². The van der Waals surface area contributed by atoms with Gasteiger partial charge in [-0.3, -0.25) is 0 Å². The van der Waals surface area contributed by atoms with E-state index < -0.39 is 0 Å². The van der Waals surface area contributed by atoms with E-state index in [1.54, 1.807) is 0 Å². The van der Waals surface area contributed by atoms with Gasteiger partial charge >= 0.3 is 0 Å². The number of nitrogens with one attached hydrogen (secondary N) is 1. The predicted octanol–water partition coefficient (Wildman–Crippen LogP) is 2.25. The van der Waals surface area contributed by atoms with E-state index in [-0.39, 0.29) is 0 Å². The summed E-state index contributed by atoms with van der Waals surface area (Å²) in [6, 6.07) is 0.848. The lowest BCUT2D eigenvalue weighted by molar-refractivity contribution is 0.193. The number of nitrogens with zero attached hydrogens (tertiary/aromatic N) is 1. The Morgan fingerprint density at radius 1 is 1.00 bits per heavy atom. The van der Waals surface area contributed by atoms with Crippen molar-refractivity contribution in [2.24, 2.45) is 5.92 Å². The van der Waals surface area contributed by atoms with Crippen molar-refractivity contribution in [2.75, 3.05) is 26.7 Å². The van der Waals surface area contributed by atoms with Gasteiger partial charge in [-0.05, 0) is 58.2 Å². The number of rotatable bonds is 3. The fourth-order valence-electron chi connectivity index (χ4n) is 3.19. The summed E-state index contributed by atoms with van der Waals surface area (Å²) in [5.74, 6) is 1.01. The first-order chi connectivity index (χ1) is 7.36. The quantitative estimate of drug-likeness (QED) is 0.768. The van der Waals surface area contributed by atoms with E-state index in [4.69, 9.17) is 0 Å². The van der Waals surface area contributed by atoms with Crippen LogP contribution in [0.5, 0.6) is 0 Å². The molecule has 1 N–H and O–H groups in total. The third-order valence-electron chi connectivity index (χ3n) is 4.19. The molecule has 0 aromatic carbocycles. The van der Waals surface area contributed by atoms with Gasteiger partial charge < -0.3 is 10.2 Å². The Labute approximate surface area is 94.4 Å². The van der Waals surface area contributed by atoms with Crippen molar-refractivity contribution in [1.82, 2.24) is 10.2 Å². The van der Waals surface area contributed by atoms with Gasteiger partial charge in [-0.1, -0.05) is 12.8 Å². The summed E-state index contributed by atoms with van der Waals surface area (Å²) in [6.45, 7) is 3.80. The molecule has 1 aliphatic carbocycles. The van der Waals surface area contributed by atoms with Crippen LogP contribution in [0.15, 0.2) is 0 Å². The number of hydrogen-bond acceptors (Lipinski definition) is 2. The Hall–Kier alpha value is -0.0800. The second-order valence-corrected chi connectivity index (χ2v) is 5.42. The van der Waals surface area contributed by atoms with Gasteiger partial charge in [0.1, 0.15) is 0 Å². The molecule has 0 bridgehead atoms. The normalized spacial score (nSPS) is 29.6. The van der Waals surface area contributed by atoms with Crippen molar-refractivity contribution in [3.8, 4) is 0 Å². The van der Waals surface area contributed by atoms with E-state index >= 15 is 0 Å². The zero-order chi connectivity index (χ0) is 10.5. The van der Waals surface area contributed by atoms with Crippen molar-refractivity contribution in [2.45, 2.75) is 51.0 Å². The molecule has 88 valence electrons. The first kappa shape index (κ1) is 11.4. The third kappa shape index (κ3) is 3.46. The van der Waals surface area contributed by atoms with Crippen LogP contribution in [0.1, 0.15) is 44.9 Å². The van der Waals surface area contributed by atoms with Crippen molar-refractivity contribution in [1.29, 1.82) is 0 Å². The molecule has 1 saturated carbocycles. The molecule has 0 aromatic rings. The Kier molecular flexibility index (Phi) is 4.45. The molecule has 0 aromatic heterocycles. The Morgan fingerprint density at radius 3 is 2.60 bits per heavy atom. The molecule has 0 amide bonds. The molecule has 1 heterocycles. The smallest absolute Gasteiger partial charge is 0.0105 e. The molecule has 2 rings (SSSR count). The number of hydrogen-bond donors (Lipinski definition) is 1. The minimum absolute atomic E-state index is 0.848. The fourth-order valence-corrected chi connectivity index (χ4v) is 3.19. The van der Waals surface area contributed by atoms with E-state index in [2.05, 4.69) is 17.3 Å². The van der Waals surface area contributed by atoms with Gasteiger partial charge in [0.25, 0.3) is 0 Å². The summed E-state index contributed by atoms with van der Waals surface area (Å²) in [5, 5.41) is 3.50. The van der Waals surface area contributed by atoms with E-state index in [0.29, 0.717) is 0 Å². The van der Waals surface area contributed by atoms with Gasteiger partial charge in [-0.25, -0.2) is 0 Å². The van der Waals surface area contributed by atoms with Crippen LogP contribution in [0.4, 0.5) is 0 Å². The average Bonchev–Trinajstić information content (AvgIpc) is 2.58.